The topological polar surface area (TPSA) is 61.2 Å². The van der Waals surface area contributed by atoms with Gasteiger partial charge in [-0.15, -0.1) is 0 Å². The number of hydrogen-bond acceptors (Lipinski definition) is 4. The molecular weight excluding hydrogens is 334 g/mol. The lowest BCUT2D eigenvalue weighted by Crippen LogP contribution is -2.53. The van der Waals surface area contributed by atoms with Gasteiger partial charge in [-0.05, 0) is 51.5 Å². The minimum atomic E-state index is 0.237. The zero-order chi connectivity index (χ0) is 19.2. The van der Waals surface area contributed by atoms with E-state index in [2.05, 4.69) is 66.7 Å². The number of aromatic nitrogens is 2. The van der Waals surface area contributed by atoms with Gasteiger partial charge in [-0.25, -0.2) is 4.98 Å². The van der Waals surface area contributed by atoms with Crippen LogP contribution in [0.25, 0.3) is 21.8 Å². The zero-order valence-corrected chi connectivity index (χ0v) is 17.0. The zero-order valence-electron chi connectivity index (χ0n) is 17.0. The summed E-state index contributed by atoms with van der Waals surface area (Å²) in [4.78, 5) is 13.3. The first kappa shape index (κ1) is 18.1. The molecule has 3 heterocycles. The fourth-order valence-electron chi connectivity index (χ4n) is 4.17. The minimum absolute atomic E-state index is 0.237. The molecule has 0 spiro atoms. The van der Waals surface area contributed by atoms with Gasteiger partial charge in [-0.3, -0.25) is 4.90 Å². The van der Waals surface area contributed by atoms with Crippen LogP contribution < -0.4 is 10.6 Å². The Bertz CT molecular complexity index is 958. The molecule has 5 nitrogen and oxygen atoms in total. The molecule has 1 aliphatic rings. The number of aromatic amines is 1. The second-order valence-corrected chi connectivity index (χ2v) is 8.68. The number of nitrogen functional groups attached to an aromatic ring is 1. The van der Waals surface area contributed by atoms with Crippen LogP contribution in [0.1, 0.15) is 39.8 Å². The van der Waals surface area contributed by atoms with Gasteiger partial charge in [0, 0.05) is 53.9 Å². The first-order chi connectivity index (χ1) is 12.9. The van der Waals surface area contributed by atoms with Crippen molar-refractivity contribution in [3.63, 3.8) is 0 Å². The highest BCUT2D eigenvalue weighted by Gasteiger charge is 2.26. The second kappa shape index (κ2) is 6.71. The van der Waals surface area contributed by atoms with Crippen molar-refractivity contribution >= 4 is 33.3 Å². The monoisotopic (exact) mass is 365 g/mol. The summed E-state index contributed by atoms with van der Waals surface area (Å²) in [6.07, 6.45) is 2.15. The maximum absolute atomic E-state index is 6.28. The average Bonchev–Trinajstić information content (AvgIpc) is 3.06. The van der Waals surface area contributed by atoms with Gasteiger partial charge >= 0.3 is 0 Å². The standard InChI is InChI=1S/C22H31N5/c1-5-6-15-13-18-20(24-15)17-8-7-16(14-19(17)25-21(18)23)26-9-11-27(12-10-26)22(2,3)4/h7-8,13-14,24H,5-6,9-12H2,1-4H3,(H2,23,25). The third-order valence-electron chi connectivity index (χ3n) is 5.75. The molecule has 5 heteroatoms. The molecule has 2 aromatic heterocycles. The van der Waals surface area contributed by atoms with E-state index in [9.17, 15) is 0 Å². The summed E-state index contributed by atoms with van der Waals surface area (Å²) in [7, 11) is 0. The number of fused-ring (bicyclic) bond motifs is 3. The maximum atomic E-state index is 6.28. The Morgan fingerprint density at radius 3 is 2.48 bits per heavy atom. The molecule has 144 valence electrons. The summed E-state index contributed by atoms with van der Waals surface area (Å²) >= 11 is 0. The van der Waals surface area contributed by atoms with E-state index in [1.54, 1.807) is 0 Å². The Hall–Kier alpha value is -2.27. The van der Waals surface area contributed by atoms with E-state index in [-0.39, 0.29) is 5.54 Å². The van der Waals surface area contributed by atoms with Crippen LogP contribution >= 0.6 is 0 Å². The molecule has 0 saturated carbocycles. The molecule has 1 fully saturated rings. The van der Waals surface area contributed by atoms with Crippen molar-refractivity contribution in [3.8, 4) is 0 Å². The van der Waals surface area contributed by atoms with E-state index in [4.69, 9.17) is 10.7 Å². The summed E-state index contributed by atoms with van der Waals surface area (Å²) < 4.78 is 0. The van der Waals surface area contributed by atoms with Gasteiger partial charge in [0.25, 0.3) is 0 Å². The van der Waals surface area contributed by atoms with Gasteiger partial charge in [0.1, 0.15) is 5.82 Å². The number of rotatable bonds is 3. The first-order valence-electron chi connectivity index (χ1n) is 10.1. The van der Waals surface area contributed by atoms with Crippen molar-refractivity contribution in [2.45, 2.75) is 46.1 Å². The van der Waals surface area contributed by atoms with Crippen LogP contribution in [-0.4, -0.2) is 46.6 Å². The molecule has 3 aromatic rings. The van der Waals surface area contributed by atoms with Crippen LogP contribution in [0.4, 0.5) is 11.5 Å². The fourth-order valence-corrected chi connectivity index (χ4v) is 4.17. The maximum Gasteiger partial charge on any atom is 0.133 e. The Labute approximate surface area is 161 Å². The quantitative estimate of drug-likeness (QED) is 0.731. The Balaban J connectivity index is 1.66. The van der Waals surface area contributed by atoms with Crippen LogP contribution in [0, 0.1) is 0 Å². The largest absolute Gasteiger partial charge is 0.383 e. The van der Waals surface area contributed by atoms with E-state index in [0.717, 1.165) is 60.8 Å². The van der Waals surface area contributed by atoms with Gasteiger partial charge in [0.15, 0.2) is 0 Å². The summed E-state index contributed by atoms with van der Waals surface area (Å²) in [5, 5.41) is 2.19. The summed E-state index contributed by atoms with van der Waals surface area (Å²) in [6.45, 7) is 13.3. The molecule has 27 heavy (non-hydrogen) atoms. The highest BCUT2D eigenvalue weighted by atomic mass is 15.3. The fraction of sp³-hybridized carbons (Fsp3) is 0.500. The van der Waals surface area contributed by atoms with Gasteiger partial charge in [0.05, 0.1) is 11.0 Å². The molecule has 0 bridgehead atoms. The van der Waals surface area contributed by atoms with Crippen LogP contribution in [0.3, 0.4) is 0 Å². The third-order valence-corrected chi connectivity index (χ3v) is 5.75. The SMILES string of the molecule is CCCc1cc2c(N)nc3cc(N4CCN(C(C)(C)C)CC4)ccc3c2[nH]1. The van der Waals surface area contributed by atoms with Crippen molar-refractivity contribution in [1.29, 1.82) is 0 Å². The van der Waals surface area contributed by atoms with E-state index in [0.29, 0.717) is 5.82 Å². The van der Waals surface area contributed by atoms with Crippen LogP contribution in [0.5, 0.6) is 0 Å². The van der Waals surface area contributed by atoms with Crippen LogP contribution in [0.2, 0.25) is 0 Å². The van der Waals surface area contributed by atoms with E-state index in [1.807, 2.05) is 0 Å². The van der Waals surface area contributed by atoms with Crippen LogP contribution in [0.15, 0.2) is 24.3 Å². The molecular formula is C22H31N5. The second-order valence-electron chi connectivity index (χ2n) is 8.68. The Kier molecular flexibility index (Phi) is 4.50. The molecule has 1 saturated heterocycles. The predicted octanol–water partition coefficient (Wildman–Crippen LogP) is 4.17. The number of nitrogens with zero attached hydrogens (tertiary/aromatic N) is 3. The number of pyridine rings is 1. The van der Waals surface area contributed by atoms with Crippen LogP contribution in [-0.2, 0) is 6.42 Å². The molecule has 3 N–H and O–H groups in total. The lowest BCUT2D eigenvalue weighted by molar-refractivity contribution is 0.128. The number of aryl methyl sites for hydroxylation is 1. The molecule has 0 unspecified atom stereocenters. The number of hydrogen-bond donors (Lipinski definition) is 2. The summed E-state index contributed by atoms with van der Waals surface area (Å²) in [6, 6.07) is 8.77. The smallest absolute Gasteiger partial charge is 0.133 e. The first-order valence-corrected chi connectivity index (χ1v) is 10.1. The molecule has 1 aromatic carbocycles. The average molecular weight is 366 g/mol. The van der Waals surface area contributed by atoms with Crippen molar-refractivity contribution in [2.75, 3.05) is 36.8 Å². The number of piperazine rings is 1. The highest BCUT2D eigenvalue weighted by Crippen LogP contribution is 2.31. The molecule has 1 aliphatic heterocycles. The number of nitrogens with two attached hydrogens (primary N) is 1. The number of H-pyrrole nitrogens is 1. The number of anilines is 2. The van der Waals surface area contributed by atoms with E-state index >= 15 is 0 Å². The molecule has 4 rings (SSSR count). The molecule has 0 radical (unpaired) electrons. The van der Waals surface area contributed by atoms with E-state index < -0.39 is 0 Å². The van der Waals surface area contributed by atoms with Crippen molar-refractivity contribution in [2.24, 2.45) is 0 Å². The van der Waals surface area contributed by atoms with E-state index in [1.165, 1.54) is 11.4 Å². The molecule has 0 amide bonds. The lowest BCUT2D eigenvalue weighted by atomic mass is 10.0. The van der Waals surface area contributed by atoms with Gasteiger partial charge in [-0.1, -0.05) is 13.3 Å². The normalized spacial score (nSPS) is 16.5. The minimum Gasteiger partial charge on any atom is -0.383 e. The number of benzene rings is 1. The van der Waals surface area contributed by atoms with Crippen molar-refractivity contribution < 1.29 is 0 Å². The van der Waals surface area contributed by atoms with Gasteiger partial charge in [0.2, 0.25) is 0 Å². The Morgan fingerprint density at radius 2 is 1.81 bits per heavy atom. The van der Waals surface area contributed by atoms with Gasteiger partial charge < -0.3 is 15.6 Å². The highest BCUT2D eigenvalue weighted by molar-refractivity contribution is 6.08. The molecule has 0 aliphatic carbocycles. The number of nitrogens with one attached hydrogen (secondary N) is 1. The van der Waals surface area contributed by atoms with Crippen molar-refractivity contribution in [1.82, 2.24) is 14.9 Å². The third kappa shape index (κ3) is 3.36. The molecule has 0 atom stereocenters. The lowest BCUT2D eigenvalue weighted by Gasteiger charge is -2.43. The predicted molar refractivity (Wildman–Crippen MR) is 116 cm³/mol. The Morgan fingerprint density at radius 1 is 1.07 bits per heavy atom. The van der Waals surface area contributed by atoms with Gasteiger partial charge in [-0.2, -0.15) is 0 Å². The summed E-state index contributed by atoms with van der Waals surface area (Å²) in [5.41, 5.74) is 11.1. The summed E-state index contributed by atoms with van der Waals surface area (Å²) in [5.74, 6) is 0.616. The van der Waals surface area contributed by atoms with Crippen molar-refractivity contribution in [3.05, 3.63) is 30.0 Å².